The fraction of sp³-hybridized carbons (Fsp3) is 0.500. The van der Waals surface area contributed by atoms with E-state index in [2.05, 4.69) is 29.8 Å². The quantitative estimate of drug-likeness (QED) is 0.684. The average Bonchev–Trinajstić information content (AvgIpc) is 2.01. The van der Waals surface area contributed by atoms with Gasteiger partial charge in [0, 0.05) is 4.83 Å². The number of hydrogen-bond donors (Lipinski definition) is 0. The summed E-state index contributed by atoms with van der Waals surface area (Å²) in [7, 11) is 0. The van der Waals surface area contributed by atoms with Gasteiger partial charge in [-0.2, -0.15) is 0 Å². The second kappa shape index (κ2) is 4.43. The van der Waals surface area contributed by atoms with Crippen molar-refractivity contribution in [1.29, 1.82) is 0 Å². The first-order valence-corrected chi connectivity index (χ1v) is 5.75. The molecule has 0 aliphatic carbocycles. The number of hydrogen-bond acceptors (Lipinski definition) is 0. The SMILES string of the molecule is Cc1cc(F)cc(C)c1C(Br)C(C)C. The fourth-order valence-electron chi connectivity index (χ4n) is 1.69. The normalized spacial score (nSPS) is 13.4. The van der Waals surface area contributed by atoms with Gasteiger partial charge in [0.05, 0.1) is 0 Å². The van der Waals surface area contributed by atoms with Gasteiger partial charge in [-0.1, -0.05) is 29.8 Å². The van der Waals surface area contributed by atoms with E-state index in [0.717, 1.165) is 11.1 Å². The summed E-state index contributed by atoms with van der Waals surface area (Å²) < 4.78 is 13.1. The molecule has 78 valence electrons. The third kappa shape index (κ3) is 2.35. The van der Waals surface area contributed by atoms with E-state index in [1.54, 1.807) is 12.1 Å². The van der Waals surface area contributed by atoms with Crippen molar-refractivity contribution >= 4 is 15.9 Å². The largest absolute Gasteiger partial charge is 0.207 e. The minimum Gasteiger partial charge on any atom is -0.207 e. The van der Waals surface area contributed by atoms with Crippen molar-refractivity contribution in [3.63, 3.8) is 0 Å². The summed E-state index contributed by atoms with van der Waals surface area (Å²) >= 11 is 3.65. The Bertz CT molecular complexity index is 308. The van der Waals surface area contributed by atoms with Crippen LogP contribution in [0.25, 0.3) is 0 Å². The predicted octanol–water partition coefficient (Wildman–Crippen LogP) is 4.53. The zero-order valence-corrected chi connectivity index (χ0v) is 10.7. The summed E-state index contributed by atoms with van der Waals surface area (Å²) in [6.07, 6.45) is 0. The molecule has 1 unspecified atom stereocenters. The van der Waals surface area contributed by atoms with Gasteiger partial charge >= 0.3 is 0 Å². The summed E-state index contributed by atoms with van der Waals surface area (Å²) in [5.41, 5.74) is 3.28. The number of benzene rings is 1. The molecule has 0 saturated heterocycles. The Morgan fingerprint density at radius 1 is 1.14 bits per heavy atom. The zero-order chi connectivity index (χ0) is 10.9. The van der Waals surface area contributed by atoms with E-state index in [1.807, 2.05) is 13.8 Å². The molecule has 0 N–H and O–H groups in total. The Morgan fingerprint density at radius 2 is 1.57 bits per heavy atom. The maximum Gasteiger partial charge on any atom is 0.123 e. The average molecular weight is 259 g/mol. The third-order valence-electron chi connectivity index (χ3n) is 2.42. The van der Waals surface area contributed by atoms with E-state index in [0.29, 0.717) is 10.7 Å². The molecule has 0 radical (unpaired) electrons. The minimum atomic E-state index is -0.146. The highest BCUT2D eigenvalue weighted by Crippen LogP contribution is 2.35. The molecule has 0 aliphatic rings. The third-order valence-corrected chi connectivity index (χ3v) is 3.93. The van der Waals surface area contributed by atoms with Gasteiger partial charge in [0.15, 0.2) is 0 Å². The van der Waals surface area contributed by atoms with Crippen LogP contribution in [0.2, 0.25) is 0 Å². The lowest BCUT2D eigenvalue weighted by molar-refractivity contribution is 0.613. The van der Waals surface area contributed by atoms with Gasteiger partial charge in [-0.15, -0.1) is 0 Å². The molecule has 0 saturated carbocycles. The molecule has 1 aromatic carbocycles. The first-order valence-electron chi connectivity index (χ1n) is 4.84. The van der Waals surface area contributed by atoms with Gasteiger partial charge in [-0.05, 0) is 48.6 Å². The Kier molecular flexibility index (Phi) is 3.71. The van der Waals surface area contributed by atoms with E-state index in [9.17, 15) is 4.39 Å². The highest BCUT2D eigenvalue weighted by molar-refractivity contribution is 9.09. The molecule has 0 amide bonds. The molecule has 1 aromatic rings. The smallest absolute Gasteiger partial charge is 0.123 e. The van der Waals surface area contributed by atoms with Crippen LogP contribution in [0.15, 0.2) is 12.1 Å². The van der Waals surface area contributed by atoms with Crippen LogP contribution >= 0.6 is 15.9 Å². The van der Waals surface area contributed by atoms with Crippen LogP contribution in [0.1, 0.15) is 35.4 Å². The second-order valence-corrected chi connectivity index (χ2v) is 5.09. The van der Waals surface area contributed by atoms with Crippen molar-refractivity contribution in [2.75, 3.05) is 0 Å². The monoisotopic (exact) mass is 258 g/mol. The van der Waals surface area contributed by atoms with Gasteiger partial charge in [0.2, 0.25) is 0 Å². The van der Waals surface area contributed by atoms with Crippen molar-refractivity contribution in [2.45, 2.75) is 32.5 Å². The summed E-state index contributed by atoms with van der Waals surface area (Å²) in [5, 5.41) is 0. The topological polar surface area (TPSA) is 0 Å². The number of aryl methyl sites for hydroxylation is 2. The Hall–Kier alpha value is -0.370. The van der Waals surface area contributed by atoms with Gasteiger partial charge < -0.3 is 0 Å². The highest BCUT2D eigenvalue weighted by atomic mass is 79.9. The molecular formula is C12H16BrF. The Labute approximate surface area is 93.7 Å². The minimum absolute atomic E-state index is 0.146. The number of rotatable bonds is 2. The summed E-state index contributed by atoms with van der Waals surface area (Å²) in [6.45, 7) is 8.23. The molecule has 1 rings (SSSR count). The van der Waals surface area contributed by atoms with Crippen molar-refractivity contribution in [1.82, 2.24) is 0 Å². The van der Waals surface area contributed by atoms with E-state index in [1.165, 1.54) is 5.56 Å². The molecule has 0 fully saturated rings. The molecule has 0 aliphatic heterocycles. The highest BCUT2D eigenvalue weighted by Gasteiger charge is 2.17. The zero-order valence-electron chi connectivity index (χ0n) is 9.07. The lowest BCUT2D eigenvalue weighted by atomic mass is 9.94. The maximum absolute atomic E-state index is 13.1. The molecular weight excluding hydrogens is 243 g/mol. The van der Waals surface area contributed by atoms with Crippen LogP contribution in [0.5, 0.6) is 0 Å². The lowest BCUT2D eigenvalue weighted by Gasteiger charge is -2.19. The summed E-state index contributed by atoms with van der Waals surface area (Å²) in [5.74, 6) is 0.366. The van der Waals surface area contributed by atoms with Gasteiger partial charge in [-0.3, -0.25) is 0 Å². The van der Waals surface area contributed by atoms with Crippen molar-refractivity contribution in [3.05, 3.63) is 34.6 Å². The lowest BCUT2D eigenvalue weighted by Crippen LogP contribution is -2.04. The van der Waals surface area contributed by atoms with Crippen LogP contribution in [-0.2, 0) is 0 Å². The number of halogens is 2. The van der Waals surface area contributed by atoms with Gasteiger partial charge in [0.25, 0.3) is 0 Å². The Morgan fingerprint density at radius 3 is 1.93 bits per heavy atom. The molecule has 0 aromatic heterocycles. The van der Waals surface area contributed by atoms with Gasteiger partial charge in [-0.25, -0.2) is 4.39 Å². The van der Waals surface area contributed by atoms with E-state index < -0.39 is 0 Å². The summed E-state index contributed by atoms with van der Waals surface area (Å²) in [6, 6.07) is 3.19. The van der Waals surface area contributed by atoms with Crippen molar-refractivity contribution in [3.8, 4) is 0 Å². The van der Waals surface area contributed by atoms with E-state index in [-0.39, 0.29) is 5.82 Å². The molecule has 0 spiro atoms. The molecule has 2 heteroatoms. The van der Waals surface area contributed by atoms with E-state index in [4.69, 9.17) is 0 Å². The predicted molar refractivity (Wildman–Crippen MR) is 62.4 cm³/mol. The van der Waals surface area contributed by atoms with Crippen LogP contribution in [0.4, 0.5) is 4.39 Å². The first kappa shape index (κ1) is 11.7. The Balaban J connectivity index is 3.20. The second-order valence-electron chi connectivity index (χ2n) is 4.10. The van der Waals surface area contributed by atoms with Gasteiger partial charge in [0.1, 0.15) is 5.82 Å². The molecule has 1 atom stereocenters. The van der Waals surface area contributed by atoms with Crippen molar-refractivity contribution in [2.24, 2.45) is 5.92 Å². The van der Waals surface area contributed by atoms with E-state index >= 15 is 0 Å². The van der Waals surface area contributed by atoms with Crippen LogP contribution in [-0.4, -0.2) is 0 Å². The number of alkyl halides is 1. The molecule has 0 bridgehead atoms. The molecule has 0 nitrogen and oxygen atoms in total. The molecule has 14 heavy (non-hydrogen) atoms. The fourth-order valence-corrected chi connectivity index (χ4v) is 2.41. The maximum atomic E-state index is 13.1. The van der Waals surface area contributed by atoms with Crippen LogP contribution < -0.4 is 0 Å². The molecule has 0 heterocycles. The van der Waals surface area contributed by atoms with Crippen molar-refractivity contribution < 1.29 is 4.39 Å². The summed E-state index contributed by atoms with van der Waals surface area (Å²) in [4.78, 5) is 0.308. The standard InChI is InChI=1S/C12H16BrF/c1-7(2)12(13)11-8(3)5-10(14)6-9(11)4/h5-7,12H,1-4H3. The van der Waals surface area contributed by atoms with Crippen LogP contribution in [0, 0.1) is 25.6 Å². The van der Waals surface area contributed by atoms with Crippen LogP contribution in [0.3, 0.4) is 0 Å². The first-order chi connectivity index (χ1) is 6.43.